The average Bonchev–Trinajstić information content (AvgIpc) is 3.88. The minimum absolute atomic E-state index is 0. The smallest absolute Gasteiger partial charge is 0.355 e. The van der Waals surface area contributed by atoms with Gasteiger partial charge in [0.25, 0.3) is 0 Å². The van der Waals surface area contributed by atoms with Gasteiger partial charge in [0, 0.05) is 142 Å². The highest BCUT2D eigenvalue weighted by molar-refractivity contribution is 8.75. The van der Waals surface area contributed by atoms with Gasteiger partial charge in [-0.3, -0.25) is 19.2 Å². The number of aromatic carboxylic acids is 2. The summed E-state index contributed by atoms with van der Waals surface area (Å²) in [5.41, 5.74) is -0.657. The summed E-state index contributed by atoms with van der Waals surface area (Å²) >= 11 is 11.7. The Labute approximate surface area is 398 Å². The predicted octanol–water partition coefficient (Wildman–Crippen LogP) is 6.64. The van der Waals surface area contributed by atoms with Crippen molar-refractivity contribution in [2.24, 2.45) is 10.8 Å². The summed E-state index contributed by atoms with van der Waals surface area (Å²) in [6.45, 7) is 4.03. The van der Waals surface area contributed by atoms with Gasteiger partial charge in [0.05, 0.1) is 25.9 Å². The Balaban J connectivity index is -0.000000168. The van der Waals surface area contributed by atoms with Gasteiger partial charge in [-0.2, -0.15) is 0 Å². The number of halogens is 1. The second-order valence-corrected chi connectivity index (χ2v) is 31.8. The number of thiazole rings is 2. The first-order valence-electron chi connectivity index (χ1n) is 13.8. The fourth-order valence-corrected chi connectivity index (χ4v) is 29.3. The summed E-state index contributed by atoms with van der Waals surface area (Å²) in [7, 11) is 18.1. The number of carboxylic acid groups (broad SMARTS) is 2. The van der Waals surface area contributed by atoms with Gasteiger partial charge in [-0.1, -0.05) is 58.4 Å². The van der Waals surface area contributed by atoms with E-state index in [0.717, 1.165) is 25.7 Å². The summed E-state index contributed by atoms with van der Waals surface area (Å²) in [4.78, 5) is 75.5. The Kier molecular flexibility index (Phi) is 44.5. The summed E-state index contributed by atoms with van der Waals surface area (Å²) in [6, 6.07) is 0. The molecule has 0 aliphatic heterocycles. The highest BCUT2D eigenvalue weighted by Crippen LogP contribution is 2.47. The van der Waals surface area contributed by atoms with Crippen LogP contribution in [0.2, 0.25) is 0 Å². The van der Waals surface area contributed by atoms with Crippen LogP contribution >= 0.6 is 35.1 Å². The lowest BCUT2D eigenvalue weighted by atomic mass is 10.0. The van der Waals surface area contributed by atoms with Crippen LogP contribution in [0.1, 0.15) is 128 Å². The van der Waals surface area contributed by atoms with Crippen LogP contribution in [-0.2, 0) is 152 Å². The minimum Gasteiger partial charge on any atom is -0.476 e. The van der Waals surface area contributed by atoms with E-state index in [4.69, 9.17) is 32.6 Å². The molecule has 2 heterocycles. The van der Waals surface area contributed by atoms with Crippen molar-refractivity contribution in [3.05, 3.63) is 32.2 Å². The van der Waals surface area contributed by atoms with E-state index in [1.54, 1.807) is 79.9 Å². The first-order chi connectivity index (χ1) is 24.2. The van der Waals surface area contributed by atoms with Crippen LogP contribution in [0.25, 0.3) is 0 Å². The van der Waals surface area contributed by atoms with Crippen LogP contribution in [0.4, 0.5) is 0 Å². The number of hydrogen-bond donors (Lipinski definition) is 4. The molecule has 2 aliphatic rings. The second-order valence-electron chi connectivity index (χ2n) is 10.5. The van der Waals surface area contributed by atoms with Crippen LogP contribution in [0, 0.1) is 10.8 Å². The fourth-order valence-electron chi connectivity index (χ4n) is 3.21. The van der Waals surface area contributed by atoms with Gasteiger partial charge >= 0.3 is 11.9 Å². The number of amides is 2. The Morgan fingerprint density at radius 2 is 0.879 bits per heavy atom. The number of hydrogen-bond acceptors (Lipinski definition) is 12. The molecule has 2 aromatic rings. The van der Waals surface area contributed by atoms with Gasteiger partial charge in [0.1, 0.15) is 21.6 Å². The van der Waals surface area contributed by atoms with E-state index < -0.39 is 11.9 Å². The van der Waals surface area contributed by atoms with Crippen LogP contribution < -0.4 is 10.6 Å². The number of carbonyl (C=O) groups excluding carboxylic acids is 4. The summed E-state index contributed by atoms with van der Waals surface area (Å²) < 4.78 is 0. The Morgan fingerprint density at radius 3 is 1.10 bits per heavy atom. The Hall–Kier alpha value is -0.370. The van der Waals surface area contributed by atoms with Crippen molar-refractivity contribution < 1.29 is 39.0 Å². The molecule has 28 heteroatoms. The molecule has 0 spiro atoms. The summed E-state index contributed by atoms with van der Waals surface area (Å²) in [6.07, 6.45) is 3.18. The van der Waals surface area contributed by atoms with Crippen molar-refractivity contribution in [1.82, 2.24) is 20.6 Å². The first kappa shape index (κ1) is 69.3. The van der Waals surface area contributed by atoms with Crippen LogP contribution in [0.5, 0.6) is 0 Å². The molecular formula is C30H53ClN4O8S15. The van der Waals surface area contributed by atoms with E-state index in [-0.39, 0.29) is 128 Å². The zero-order valence-electron chi connectivity index (χ0n) is 26.6. The lowest BCUT2D eigenvalue weighted by Gasteiger charge is -2.06. The topological polar surface area (TPSA) is 193 Å². The average molecular weight is 1110 g/mol. The van der Waals surface area contributed by atoms with Crippen molar-refractivity contribution in [2.45, 2.75) is 110 Å². The van der Waals surface area contributed by atoms with E-state index >= 15 is 0 Å². The molecule has 0 atom stereocenters. The maximum absolute atomic E-state index is 11.7. The molecule has 0 aromatic carbocycles. The Morgan fingerprint density at radius 1 is 0.603 bits per heavy atom. The SMILES string of the molecule is C.C.C.C.C.C.CC1(C(=O)CC(=O)NCc2nc(C(=O)O)cs2)CC1.CC1(C(=O)CC(=O)NCc2nc(C(=O)O)cs2)CC1.Cl.S=S=S=S=S=S=S=S=S=S=S=S=S. The lowest BCUT2D eigenvalue weighted by Crippen LogP contribution is -2.27. The van der Waals surface area contributed by atoms with Crippen molar-refractivity contribution in [2.75, 3.05) is 0 Å². The van der Waals surface area contributed by atoms with Crippen molar-refractivity contribution in [3.8, 4) is 0 Å². The molecule has 0 unspecified atom stereocenters. The van der Waals surface area contributed by atoms with E-state index in [1.807, 2.05) is 13.8 Å². The molecule has 0 saturated heterocycles. The molecule has 0 radical (unpaired) electrons. The van der Waals surface area contributed by atoms with Gasteiger partial charge in [-0.05, 0) is 25.7 Å². The van der Waals surface area contributed by atoms with Gasteiger partial charge in [-0.15, -0.1) is 35.1 Å². The zero-order chi connectivity index (χ0) is 37.9. The Bertz CT molecular complexity index is 2010. The molecule has 338 valence electrons. The molecule has 0 bridgehead atoms. The first-order valence-corrected chi connectivity index (χ1v) is 31.5. The second kappa shape index (κ2) is 37.2. The number of Topliss-reactive ketones (excluding diaryl/α,β-unsaturated/α-hetero) is 2. The predicted molar refractivity (Wildman–Crippen MR) is 279 cm³/mol. The molecule has 12 nitrogen and oxygen atoms in total. The van der Waals surface area contributed by atoms with Gasteiger partial charge in [-0.25, -0.2) is 19.6 Å². The van der Waals surface area contributed by atoms with Gasteiger partial charge in [0.15, 0.2) is 11.4 Å². The number of nitrogens with one attached hydrogen (secondary N) is 2. The summed E-state index contributed by atoms with van der Waals surface area (Å²) in [5, 5.41) is 26.4. The molecule has 4 rings (SSSR count). The third kappa shape index (κ3) is 29.0. The van der Waals surface area contributed by atoms with Gasteiger partial charge in [0.2, 0.25) is 11.8 Å². The molecule has 2 amide bonds. The number of carboxylic acids is 2. The largest absolute Gasteiger partial charge is 0.476 e. The lowest BCUT2D eigenvalue weighted by molar-refractivity contribution is -0.132. The van der Waals surface area contributed by atoms with Crippen molar-refractivity contribution >= 4 is 190 Å². The summed E-state index contributed by atoms with van der Waals surface area (Å²) in [5.74, 6) is -2.93. The van der Waals surface area contributed by atoms with Crippen molar-refractivity contribution in [1.29, 1.82) is 0 Å². The molecule has 2 aliphatic carbocycles. The molecule has 58 heavy (non-hydrogen) atoms. The van der Waals surface area contributed by atoms with Gasteiger partial charge < -0.3 is 20.8 Å². The monoisotopic (exact) mass is 1110 g/mol. The highest BCUT2D eigenvalue weighted by atomic mass is 35.5. The fraction of sp³-hybridized carbons (Fsp3) is 0.600. The van der Waals surface area contributed by atoms with Crippen LogP contribution in [-0.4, -0.2) is 55.5 Å². The number of rotatable bonds is 12. The number of nitrogens with zero attached hydrogens (tertiary/aromatic N) is 2. The minimum atomic E-state index is -1.09. The van der Waals surface area contributed by atoms with Crippen molar-refractivity contribution in [3.63, 3.8) is 0 Å². The quantitative estimate of drug-likeness (QED) is 0.166. The normalized spacial score (nSPS) is 12.0. The third-order valence-corrected chi connectivity index (χ3v) is 30.6. The van der Waals surface area contributed by atoms with Crippen LogP contribution in [0.15, 0.2) is 10.8 Å². The third-order valence-electron chi connectivity index (χ3n) is 6.68. The maximum atomic E-state index is 11.7. The molecular weight excluding hydrogens is 1060 g/mol. The number of aromatic nitrogens is 2. The molecule has 2 aromatic heterocycles. The maximum Gasteiger partial charge on any atom is 0.355 e. The standard InChI is InChI=1S/2C12H14N2O4S.6CH4.ClH.S13/c2*1-12(2-3-12)8(15)4-9(16)13-5-10-14-7(6-19-10)11(17)18;;;;;;;;1-3-5-7-9-11-13-12-10-8-6-4-2/h2*6H,2-5H2,1H3,(H,13,16)(H,17,18);6*1H4;1H;. The molecule has 4 N–H and O–H groups in total. The number of carbonyl (C=O) groups is 6. The number of ketones is 2. The van der Waals surface area contributed by atoms with E-state index in [0.29, 0.717) is 10.0 Å². The highest BCUT2D eigenvalue weighted by Gasteiger charge is 2.45. The van der Waals surface area contributed by atoms with Crippen LogP contribution in [0.3, 0.4) is 0 Å². The zero-order valence-corrected chi connectivity index (χ0v) is 39.6. The molecule has 2 saturated carbocycles. The van der Waals surface area contributed by atoms with E-state index in [9.17, 15) is 28.8 Å². The van der Waals surface area contributed by atoms with E-state index in [2.05, 4.69) is 20.6 Å². The van der Waals surface area contributed by atoms with E-state index in [1.165, 1.54) is 51.2 Å². The molecule has 2 fully saturated rings.